The lowest BCUT2D eigenvalue weighted by atomic mass is 10.6. The Morgan fingerprint density at radius 3 is 3.00 bits per heavy atom. The number of nitrogens with two attached hydrogens (primary N) is 1. The van der Waals surface area contributed by atoms with Crippen LogP contribution in [0.15, 0.2) is 16.0 Å². The average Bonchev–Trinajstić information content (AvgIpc) is 2.11. The molecule has 1 rings (SSSR count). The smallest absolute Gasteiger partial charge is 0.253 e. The molecule has 0 atom stereocenters. The predicted molar refractivity (Wildman–Crippen MR) is 63.0 cm³/mol. The molecule has 1 heterocycles. The highest BCUT2D eigenvalue weighted by Crippen LogP contribution is 2.13. The van der Waals surface area contributed by atoms with Crippen molar-refractivity contribution < 1.29 is 0 Å². The van der Waals surface area contributed by atoms with Crippen LogP contribution in [0.4, 0.5) is 5.82 Å². The van der Waals surface area contributed by atoms with Crippen molar-refractivity contribution in [3.8, 4) is 0 Å². The molecule has 0 unspecified atom stereocenters. The van der Waals surface area contributed by atoms with Gasteiger partial charge in [0.15, 0.2) is 5.16 Å². The number of nitrogens with one attached hydrogen (secondary N) is 1. The summed E-state index contributed by atoms with van der Waals surface area (Å²) in [5.41, 5.74) is 5.25. The van der Waals surface area contributed by atoms with E-state index in [1.54, 1.807) is 0 Å². The first-order valence-electron chi connectivity index (χ1n) is 4.21. The number of nitrogen functional groups attached to an aromatic ring is 1. The SMILES string of the molecule is CSCCCSc1nc(N)cc(=O)[nH]1. The first-order chi connectivity index (χ1) is 6.72. The van der Waals surface area contributed by atoms with Gasteiger partial charge in [-0.2, -0.15) is 11.8 Å². The zero-order valence-electron chi connectivity index (χ0n) is 7.95. The summed E-state index contributed by atoms with van der Waals surface area (Å²) in [6.45, 7) is 0. The van der Waals surface area contributed by atoms with Crippen molar-refractivity contribution in [3.05, 3.63) is 16.4 Å². The van der Waals surface area contributed by atoms with Crippen LogP contribution in [0.1, 0.15) is 6.42 Å². The molecule has 0 saturated carbocycles. The second-order valence-electron chi connectivity index (χ2n) is 2.67. The van der Waals surface area contributed by atoms with Crippen LogP contribution in [0.5, 0.6) is 0 Å². The number of thioether (sulfide) groups is 2. The maximum atomic E-state index is 11.0. The van der Waals surface area contributed by atoms with E-state index in [9.17, 15) is 4.79 Å². The standard InChI is InChI=1S/C8H13N3OS2/c1-13-3-2-4-14-8-10-6(9)5-7(12)11-8/h5H,2-4H2,1H3,(H3,9,10,11,12). The second-order valence-corrected chi connectivity index (χ2v) is 4.74. The molecular weight excluding hydrogens is 218 g/mol. The number of hydrogen-bond donors (Lipinski definition) is 2. The molecule has 78 valence electrons. The Labute approximate surface area is 91.1 Å². The topological polar surface area (TPSA) is 71.8 Å². The van der Waals surface area contributed by atoms with Gasteiger partial charge in [-0.1, -0.05) is 11.8 Å². The molecular formula is C8H13N3OS2. The van der Waals surface area contributed by atoms with Crippen LogP contribution >= 0.6 is 23.5 Å². The molecule has 14 heavy (non-hydrogen) atoms. The number of hydrogen-bond acceptors (Lipinski definition) is 5. The lowest BCUT2D eigenvalue weighted by Gasteiger charge is -2.00. The van der Waals surface area contributed by atoms with Gasteiger partial charge < -0.3 is 10.7 Å². The molecule has 1 aromatic rings. The van der Waals surface area contributed by atoms with E-state index in [4.69, 9.17) is 5.73 Å². The molecule has 0 aliphatic rings. The van der Waals surface area contributed by atoms with Gasteiger partial charge in [0, 0.05) is 11.8 Å². The highest BCUT2D eigenvalue weighted by molar-refractivity contribution is 7.99. The van der Waals surface area contributed by atoms with Crippen LogP contribution in [0, 0.1) is 0 Å². The maximum Gasteiger partial charge on any atom is 0.253 e. The summed E-state index contributed by atoms with van der Waals surface area (Å²) in [4.78, 5) is 17.7. The van der Waals surface area contributed by atoms with Gasteiger partial charge in [0.25, 0.3) is 5.56 Å². The van der Waals surface area contributed by atoms with Crippen molar-refractivity contribution in [2.24, 2.45) is 0 Å². The summed E-state index contributed by atoms with van der Waals surface area (Å²) in [5, 5.41) is 0.608. The van der Waals surface area contributed by atoms with Gasteiger partial charge in [-0.15, -0.1) is 0 Å². The minimum Gasteiger partial charge on any atom is -0.383 e. The molecule has 0 aliphatic carbocycles. The van der Waals surface area contributed by atoms with Gasteiger partial charge >= 0.3 is 0 Å². The lowest BCUT2D eigenvalue weighted by molar-refractivity contribution is 0.942. The van der Waals surface area contributed by atoms with Gasteiger partial charge in [-0.3, -0.25) is 4.79 Å². The summed E-state index contributed by atoms with van der Waals surface area (Å²) in [7, 11) is 0. The third-order valence-electron chi connectivity index (χ3n) is 1.47. The molecule has 4 nitrogen and oxygen atoms in total. The van der Waals surface area contributed by atoms with Crippen molar-refractivity contribution in [1.82, 2.24) is 9.97 Å². The highest BCUT2D eigenvalue weighted by atomic mass is 32.2. The summed E-state index contributed by atoms with van der Waals surface area (Å²) in [6, 6.07) is 1.28. The summed E-state index contributed by atoms with van der Waals surface area (Å²) in [6.07, 6.45) is 3.18. The highest BCUT2D eigenvalue weighted by Gasteiger charge is 1.98. The number of H-pyrrole nitrogens is 1. The van der Waals surface area contributed by atoms with E-state index in [1.165, 1.54) is 17.8 Å². The minimum absolute atomic E-state index is 0.190. The van der Waals surface area contributed by atoms with Crippen molar-refractivity contribution in [3.63, 3.8) is 0 Å². The Morgan fingerprint density at radius 1 is 1.57 bits per heavy atom. The van der Waals surface area contributed by atoms with Crippen LogP contribution < -0.4 is 11.3 Å². The first-order valence-corrected chi connectivity index (χ1v) is 6.59. The van der Waals surface area contributed by atoms with Crippen LogP contribution in [-0.4, -0.2) is 27.7 Å². The van der Waals surface area contributed by atoms with Gasteiger partial charge in [0.1, 0.15) is 5.82 Å². The molecule has 0 aliphatic heterocycles. The zero-order valence-corrected chi connectivity index (χ0v) is 9.58. The predicted octanol–water partition coefficient (Wildman–Crippen LogP) is 1.20. The van der Waals surface area contributed by atoms with Gasteiger partial charge in [0.05, 0.1) is 0 Å². The van der Waals surface area contributed by atoms with Crippen LogP contribution in [0.25, 0.3) is 0 Å². The molecule has 0 bridgehead atoms. The molecule has 3 N–H and O–H groups in total. The van der Waals surface area contributed by atoms with E-state index >= 15 is 0 Å². The molecule has 0 aromatic carbocycles. The fourth-order valence-corrected chi connectivity index (χ4v) is 2.33. The van der Waals surface area contributed by atoms with E-state index in [2.05, 4.69) is 16.2 Å². The lowest BCUT2D eigenvalue weighted by Crippen LogP contribution is -2.09. The minimum atomic E-state index is -0.190. The fraction of sp³-hybridized carbons (Fsp3) is 0.500. The van der Waals surface area contributed by atoms with Crippen LogP contribution in [-0.2, 0) is 0 Å². The quantitative estimate of drug-likeness (QED) is 0.452. The zero-order chi connectivity index (χ0) is 10.4. The Morgan fingerprint density at radius 2 is 2.36 bits per heavy atom. The van der Waals surface area contributed by atoms with Gasteiger partial charge in [-0.25, -0.2) is 4.98 Å². The number of nitrogens with zero attached hydrogens (tertiary/aromatic N) is 1. The number of aromatic nitrogens is 2. The molecule has 0 saturated heterocycles. The summed E-state index contributed by atoms with van der Waals surface area (Å²) in [5.74, 6) is 2.35. The van der Waals surface area contributed by atoms with Crippen molar-refractivity contribution in [1.29, 1.82) is 0 Å². The molecule has 6 heteroatoms. The number of rotatable bonds is 5. The van der Waals surface area contributed by atoms with E-state index in [-0.39, 0.29) is 11.4 Å². The molecule has 1 aromatic heterocycles. The normalized spacial score (nSPS) is 10.4. The Bertz CT molecular complexity index is 340. The van der Waals surface area contributed by atoms with Crippen molar-refractivity contribution >= 4 is 29.3 Å². The second kappa shape index (κ2) is 5.98. The van der Waals surface area contributed by atoms with E-state index in [0.717, 1.165) is 17.9 Å². The van der Waals surface area contributed by atoms with Gasteiger partial charge in [-0.05, 0) is 18.4 Å². The summed E-state index contributed by atoms with van der Waals surface area (Å²) >= 11 is 3.34. The molecule has 0 fully saturated rings. The molecule has 0 radical (unpaired) electrons. The Balaban J connectivity index is 2.46. The largest absolute Gasteiger partial charge is 0.383 e. The van der Waals surface area contributed by atoms with Crippen molar-refractivity contribution in [2.45, 2.75) is 11.6 Å². The van der Waals surface area contributed by atoms with Crippen molar-refractivity contribution in [2.75, 3.05) is 23.5 Å². The Kier molecular flexibility index (Phi) is 4.89. The van der Waals surface area contributed by atoms with Crippen LogP contribution in [0.2, 0.25) is 0 Å². The van der Waals surface area contributed by atoms with Crippen LogP contribution in [0.3, 0.4) is 0 Å². The third kappa shape index (κ3) is 4.06. The first kappa shape index (κ1) is 11.5. The third-order valence-corrected chi connectivity index (χ3v) is 3.13. The monoisotopic (exact) mass is 231 g/mol. The Hall–Kier alpha value is -0.620. The van der Waals surface area contributed by atoms with E-state index in [1.807, 2.05) is 11.8 Å². The average molecular weight is 231 g/mol. The molecule has 0 spiro atoms. The number of anilines is 1. The number of aromatic amines is 1. The fourth-order valence-electron chi connectivity index (χ4n) is 0.894. The van der Waals surface area contributed by atoms with Gasteiger partial charge in [0.2, 0.25) is 0 Å². The molecule has 0 amide bonds. The van der Waals surface area contributed by atoms with E-state index in [0.29, 0.717) is 5.16 Å². The van der Waals surface area contributed by atoms with E-state index < -0.39 is 0 Å². The maximum absolute atomic E-state index is 11.0. The summed E-state index contributed by atoms with van der Waals surface area (Å²) < 4.78 is 0.